The molecule has 1 aromatic carbocycles. The molecule has 3 nitrogen and oxygen atoms in total. The summed E-state index contributed by atoms with van der Waals surface area (Å²) in [5.74, 6) is 0.572. The summed E-state index contributed by atoms with van der Waals surface area (Å²) in [6.07, 6.45) is -3.19. The van der Waals surface area contributed by atoms with Crippen LogP contribution in [0.4, 0.5) is 13.2 Å². The van der Waals surface area contributed by atoms with Crippen LogP contribution in [0.3, 0.4) is 0 Å². The number of allylic oxidation sites excluding steroid dienone is 1. The second-order valence-corrected chi connectivity index (χ2v) is 4.20. The van der Waals surface area contributed by atoms with Crippen molar-refractivity contribution in [3.63, 3.8) is 0 Å². The van der Waals surface area contributed by atoms with Crippen molar-refractivity contribution < 1.29 is 27.8 Å². The van der Waals surface area contributed by atoms with Gasteiger partial charge in [-0.25, -0.2) is 0 Å². The van der Waals surface area contributed by atoms with Crippen LogP contribution < -0.4 is 4.74 Å². The van der Waals surface area contributed by atoms with Gasteiger partial charge in [-0.3, -0.25) is 0 Å². The van der Waals surface area contributed by atoms with Crippen LogP contribution in [0, 0.1) is 0 Å². The van der Waals surface area contributed by atoms with Gasteiger partial charge >= 0.3 is 6.18 Å². The van der Waals surface area contributed by atoms with Crippen LogP contribution >= 0.6 is 0 Å². The quantitative estimate of drug-likeness (QED) is 0.748. The standard InChI is InChI=1S/C14H17F3O3/c1-2-5-11-6-3-4-7-13(11)20-9-12(18)8-19-10-14(15,16)17/h2-4,6-7,12,18H,1,5,8-10H2. The van der Waals surface area contributed by atoms with E-state index >= 15 is 0 Å². The van der Waals surface area contributed by atoms with Gasteiger partial charge in [-0.05, 0) is 18.1 Å². The Morgan fingerprint density at radius 2 is 1.95 bits per heavy atom. The summed E-state index contributed by atoms with van der Waals surface area (Å²) in [4.78, 5) is 0. The summed E-state index contributed by atoms with van der Waals surface area (Å²) in [7, 11) is 0. The third kappa shape index (κ3) is 6.58. The lowest BCUT2D eigenvalue weighted by Gasteiger charge is -2.15. The summed E-state index contributed by atoms with van der Waals surface area (Å²) < 4.78 is 45.3. The van der Waals surface area contributed by atoms with E-state index in [0.29, 0.717) is 12.2 Å². The molecule has 0 fully saturated rings. The zero-order valence-electron chi connectivity index (χ0n) is 10.9. The lowest BCUT2D eigenvalue weighted by molar-refractivity contribution is -0.179. The molecule has 0 aliphatic carbocycles. The lowest BCUT2D eigenvalue weighted by atomic mass is 10.1. The van der Waals surface area contributed by atoms with Crippen LogP contribution in [0.5, 0.6) is 5.75 Å². The van der Waals surface area contributed by atoms with Gasteiger partial charge in [0.2, 0.25) is 0 Å². The molecule has 0 aromatic heterocycles. The predicted octanol–water partition coefficient (Wildman–Crippen LogP) is 2.73. The average molecular weight is 290 g/mol. The van der Waals surface area contributed by atoms with E-state index in [1.54, 1.807) is 18.2 Å². The molecule has 1 unspecified atom stereocenters. The van der Waals surface area contributed by atoms with Crippen molar-refractivity contribution in [2.45, 2.75) is 18.7 Å². The topological polar surface area (TPSA) is 38.7 Å². The molecule has 0 aliphatic heterocycles. The fraction of sp³-hybridized carbons (Fsp3) is 0.429. The number of alkyl halides is 3. The first-order valence-electron chi connectivity index (χ1n) is 6.06. The lowest BCUT2D eigenvalue weighted by Crippen LogP contribution is -2.27. The van der Waals surface area contributed by atoms with E-state index in [1.165, 1.54) is 0 Å². The monoisotopic (exact) mass is 290 g/mol. The van der Waals surface area contributed by atoms with Gasteiger partial charge in [0.05, 0.1) is 6.61 Å². The molecular formula is C14H17F3O3. The third-order valence-corrected chi connectivity index (χ3v) is 2.34. The molecule has 112 valence electrons. The highest BCUT2D eigenvalue weighted by Gasteiger charge is 2.27. The number of benzene rings is 1. The van der Waals surface area contributed by atoms with Crippen LogP contribution in [-0.2, 0) is 11.2 Å². The number of para-hydroxylation sites is 1. The zero-order valence-corrected chi connectivity index (χ0v) is 10.9. The van der Waals surface area contributed by atoms with Crippen LogP contribution in [-0.4, -0.2) is 37.2 Å². The highest BCUT2D eigenvalue weighted by atomic mass is 19.4. The van der Waals surface area contributed by atoms with Gasteiger partial charge in [0, 0.05) is 0 Å². The number of aliphatic hydroxyl groups is 1. The van der Waals surface area contributed by atoms with Crippen molar-refractivity contribution >= 4 is 0 Å². The van der Waals surface area contributed by atoms with Crippen molar-refractivity contribution in [2.75, 3.05) is 19.8 Å². The molecule has 0 heterocycles. The number of aliphatic hydroxyl groups excluding tert-OH is 1. The first-order valence-corrected chi connectivity index (χ1v) is 6.06. The summed E-state index contributed by atoms with van der Waals surface area (Å²) in [5.41, 5.74) is 0.894. The molecule has 0 spiro atoms. The molecule has 20 heavy (non-hydrogen) atoms. The number of halogens is 3. The zero-order chi connectivity index (χ0) is 15.0. The molecule has 0 amide bonds. The van der Waals surface area contributed by atoms with Crippen LogP contribution in [0.25, 0.3) is 0 Å². The van der Waals surface area contributed by atoms with Gasteiger partial charge < -0.3 is 14.6 Å². The van der Waals surface area contributed by atoms with Crippen molar-refractivity contribution in [2.24, 2.45) is 0 Å². The first-order chi connectivity index (χ1) is 9.42. The van der Waals surface area contributed by atoms with E-state index < -0.39 is 25.5 Å². The Hall–Kier alpha value is -1.53. The van der Waals surface area contributed by atoms with Gasteiger partial charge in [-0.2, -0.15) is 13.2 Å². The minimum Gasteiger partial charge on any atom is -0.491 e. The van der Waals surface area contributed by atoms with E-state index in [1.807, 2.05) is 12.1 Å². The number of hydrogen-bond donors (Lipinski definition) is 1. The molecule has 1 rings (SSSR count). The SMILES string of the molecule is C=CCc1ccccc1OCC(O)COCC(F)(F)F. The third-order valence-electron chi connectivity index (χ3n) is 2.34. The van der Waals surface area contributed by atoms with Gasteiger partial charge in [0.15, 0.2) is 0 Å². The molecule has 1 N–H and O–H groups in total. The maximum Gasteiger partial charge on any atom is 0.411 e. The van der Waals surface area contributed by atoms with Crippen LogP contribution in [0.15, 0.2) is 36.9 Å². The Bertz CT molecular complexity index is 418. The summed E-state index contributed by atoms with van der Waals surface area (Å²) in [6, 6.07) is 7.19. The molecule has 0 saturated heterocycles. The Morgan fingerprint density at radius 1 is 1.25 bits per heavy atom. The molecule has 1 atom stereocenters. The second-order valence-electron chi connectivity index (χ2n) is 4.20. The van der Waals surface area contributed by atoms with Gasteiger partial charge in [-0.1, -0.05) is 24.3 Å². The molecule has 0 saturated carbocycles. The van der Waals surface area contributed by atoms with Crippen molar-refractivity contribution in [3.05, 3.63) is 42.5 Å². The second kappa shape index (κ2) is 7.91. The Kier molecular flexibility index (Phi) is 6.54. The Labute approximate surface area is 115 Å². The highest BCUT2D eigenvalue weighted by molar-refractivity contribution is 5.34. The van der Waals surface area contributed by atoms with Crippen LogP contribution in [0.1, 0.15) is 5.56 Å². The predicted molar refractivity (Wildman–Crippen MR) is 68.7 cm³/mol. The van der Waals surface area contributed by atoms with E-state index in [-0.39, 0.29) is 6.61 Å². The molecule has 1 aromatic rings. The maximum absolute atomic E-state index is 11.8. The maximum atomic E-state index is 11.8. The number of ether oxygens (including phenoxy) is 2. The average Bonchev–Trinajstić information content (AvgIpc) is 2.36. The smallest absolute Gasteiger partial charge is 0.411 e. The fourth-order valence-corrected chi connectivity index (χ4v) is 1.51. The highest BCUT2D eigenvalue weighted by Crippen LogP contribution is 2.19. The molecule has 0 bridgehead atoms. The Balaban J connectivity index is 2.37. The molecule has 0 aliphatic rings. The van der Waals surface area contributed by atoms with Crippen molar-refractivity contribution in [1.29, 1.82) is 0 Å². The number of hydrogen-bond acceptors (Lipinski definition) is 3. The first kappa shape index (κ1) is 16.5. The molecular weight excluding hydrogens is 273 g/mol. The van der Waals surface area contributed by atoms with Gasteiger partial charge in [0.25, 0.3) is 0 Å². The van der Waals surface area contributed by atoms with Crippen LogP contribution in [0.2, 0.25) is 0 Å². The van der Waals surface area contributed by atoms with E-state index in [2.05, 4.69) is 11.3 Å². The van der Waals surface area contributed by atoms with E-state index in [4.69, 9.17) is 4.74 Å². The summed E-state index contributed by atoms with van der Waals surface area (Å²) in [5, 5.41) is 9.49. The number of rotatable bonds is 8. The van der Waals surface area contributed by atoms with Crippen molar-refractivity contribution in [1.82, 2.24) is 0 Å². The van der Waals surface area contributed by atoms with Crippen molar-refractivity contribution in [3.8, 4) is 5.75 Å². The van der Waals surface area contributed by atoms with E-state index in [0.717, 1.165) is 5.56 Å². The normalized spacial score (nSPS) is 13.0. The Morgan fingerprint density at radius 3 is 2.60 bits per heavy atom. The van der Waals surface area contributed by atoms with Gasteiger partial charge in [-0.15, -0.1) is 6.58 Å². The van der Waals surface area contributed by atoms with Gasteiger partial charge in [0.1, 0.15) is 25.1 Å². The molecule has 6 heteroatoms. The summed E-state index contributed by atoms with van der Waals surface area (Å²) in [6.45, 7) is 1.69. The molecule has 0 radical (unpaired) electrons. The van der Waals surface area contributed by atoms with E-state index in [9.17, 15) is 18.3 Å². The minimum atomic E-state index is -4.39. The largest absolute Gasteiger partial charge is 0.491 e. The summed E-state index contributed by atoms with van der Waals surface area (Å²) >= 11 is 0. The minimum absolute atomic E-state index is 0.133. The fourth-order valence-electron chi connectivity index (χ4n) is 1.51.